The summed E-state index contributed by atoms with van der Waals surface area (Å²) in [4.78, 5) is 16.7. The number of rotatable bonds is 6. The molecule has 0 aromatic carbocycles. The third kappa shape index (κ3) is 3.87. The first-order valence-corrected chi connectivity index (χ1v) is 10.8. The van der Waals surface area contributed by atoms with E-state index in [1.807, 2.05) is 18.7 Å². The molecule has 0 saturated heterocycles. The van der Waals surface area contributed by atoms with Crippen molar-refractivity contribution < 1.29 is 13.2 Å². The van der Waals surface area contributed by atoms with Crippen molar-refractivity contribution in [3.63, 3.8) is 0 Å². The molecule has 0 saturated carbocycles. The highest BCUT2D eigenvalue weighted by Gasteiger charge is 2.44. The number of halogens is 3. The molecule has 4 N–H and O–H groups in total. The Labute approximate surface area is 186 Å². The monoisotopic (exact) mass is 465 g/mol. The van der Waals surface area contributed by atoms with E-state index in [2.05, 4.69) is 25.5 Å². The molecule has 13 heteroatoms. The van der Waals surface area contributed by atoms with Crippen LogP contribution in [0.1, 0.15) is 37.5 Å². The van der Waals surface area contributed by atoms with Crippen molar-refractivity contribution in [2.24, 2.45) is 10.8 Å². The Morgan fingerprint density at radius 1 is 1.38 bits per heavy atom. The van der Waals surface area contributed by atoms with E-state index in [0.29, 0.717) is 28.8 Å². The minimum absolute atomic E-state index is 0.151. The van der Waals surface area contributed by atoms with Gasteiger partial charge in [-0.2, -0.15) is 18.3 Å². The molecule has 4 rings (SSSR count). The van der Waals surface area contributed by atoms with Crippen LogP contribution in [-0.2, 0) is 0 Å². The molecule has 0 aliphatic carbocycles. The number of allylic oxidation sites excluding steroid dienone is 1. The fourth-order valence-corrected chi connectivity index (χ4v) is 4.57. The van der Waals surface area contributed by atoms with Crippen molar-refractivity contribution >= 4 is 46.2 Å². The van der Waals surface area contributed by atoms with E-state index < -0.39 is 12.6 Å². The van der Waals surface area contributed by atoms with Crippen LogP contribution >= 0.6 is 11.3 Å². The second kappa shape index (κ2) is 8.37. The molecular formula is C19H22F3N9S. The number of aromatic nitrogens is 3. The van der Waals surface area contributed by atoms with Gasteiger partial charge in [0.1, 0.15) is 22.7 Å². The third-order valence-corrected chi connectivity index (χ3v) is 6.23. The lowest BCUT2D eigenvalue weighted by Gasteiger charge is -2.45. The molecule has 0 bridgehead atoms. The van der Waals surface area contributed by atoms with Gasteiger partial charge in [-0.1, -0.05) is 6.92 Å². The number of alkyl halides is 3. The summed E-state index contributed by atoms with van der Waals surface area (Å²) in [6, 6.07) is -0.308. The van der Waals surface area contributed by atoms with Crippen LogP contribution in [0, 0.1) is 5.41 Å². The number of hydrogen-bond acceptors (Lipinski definition) is 10. The van der Waals surface area contributed by atoms with Crippen LogP contribution in [0.2, 0.25) is 0 Å². The third-order valence-electron chi connectivity index (χ3n) is 5.42. The van der Waals surface area contributed by atoms with Gasteiger partial charge in [-0.05, 0) is 13.3 Å². The van der Waals surface area contributed by atoms with Crippen molar-refractivity contribution in [3.05, 3.63) is 28.6 Å². The van der Waals surface area contributed by atoms with E-state index in [4.69, 9.17) is 11.1 Å². The van der Waals surface area contributed by atoms with Gasteiger partial charge in [0.05, 0.1) is 29.9 Å². The van der Waals surface area contributed by atoms with Crippen molar-refractivity contribution in [1.29, 1.82) is 5.41 Å². The van der Waals surface area contributed by atoms with Crippen molar-refractivity contribution in [3.8, 4) is 0 Å². The molecule has 9 nitrogen and oxygen atoms in total. The Morgan fingerprint density at radius 3 is 2.78 bits per heavy atom. The smallest absolute Gasteiger partial charge is 0.390 e. The Morgan fingerprint density at radius 2 is 2.16 bits per heavy atom. The molecule has 32 heavy (non-hydrogen) atoms. The zero-order chi connectivity index (χ0) is 23.0. The number of fused-ring (bicyclic) bond motifs is 3. The molecule has 2 aromatic heterocycles. The second-order valence-electron chi connectivity index (χ2n) is 7.35. The quantitative estimate of drug-likeness (QED) is 0.561. The molecular weight excluding hydrogens is 443 g/mol. The van der Waals surface area contributed by atoms with Crippen LogP contribution in [-0.4, -0.2) is 51.9 Å². The maximum absolute atomic E-state index is 13.1. The largest absolute Gasteiger partial charge is 0.396 e. The van der Waals surface area contributed by atoms with E-state index in [1.54, 1.807) is 22.7 Å². The molecule has 1 unspecified atom stereocenters. The second-order valence-corrected chi connectivity index (χ2v) is 8.24. The van der Waals surface area contributed by atoms with Crippen LogP contribution in [0.25, 0.3) is 11.3 Å². The average Bonchev–Trinajstić information content (AvgIpc) is 3.42. The van der Waals surface area contributed by atoms with Gasteiger partial charge in [-0.3, -0.25) is 10.3 Å². The van der Waals surface area contributed by atoms with E-state index in [1.165, 1.54) is 11.3 Å². The minimum Gasteiger partial charge on any atom is -0.396 e. The summed E-state index contributed by atoms with van der Waals surface area (Å²) in [7, 11) is 0. The zero-order valence-electron chi connectivity index (χ0n) is 17.4. The lowest BCUT2D eigenvalue weighted by atomic mass is 10.0. The van der Waals surface area contributed by atoms with Gasteiger partial charge in [-0.15, -0.1) is 11.3 Å². The highest BCUT2D eigenvalue weighted by atomic mass is 32.1. The van der Waals surface area contributed by atoms with Gasteiger partial charge in [0, 0.05) is 24.3 Å². The SMILES string of the molecule is CC[C@@H]1C2NN=C(C)N2c2cnc(/C(C=N)=C(/N)c3nccs3)nc2N1CCC(F)(F)F. The van der Waals surface area contributed by atoms with Gasteiger partial charge in [0.25, 0.3) is 0 Å². The van der Waals surface area contributed by atoms with Crippen LogP contribution in [0.3, 0.4) is 0 Å². The summed E-state index contributed by atoms with van der Waals surface area (Å²) < 4.78 is 39.3. The molecule has 4 heterocycles. The molecule has 0 radical (unpaired) electrons. The number of nitrogens with two attached hydrogens (primary N) is 1. The summed E-state index contributed by atoms with van der Waals surface area (Å²) in [6.07, 6.45) is -0.877. The topological polar surface area (TPSA) is 119 Å². The minimum atomic E-state index is -4.31. The molecule has 0 amide bonds. The van der Waals surface area contributed by atoms with E-state index in [0.717, 1.165) is 6.21 Å². The number of amidine groups is 1. The number of thiazole rings is 1. The Bertz CT molecular complexity index is 1060. The van der Waals surface area contributed by atoms with E-state index in [-0.39, 0.29) is 35.8 Å². The fraction of sp³-hybridized carbons (Fsp3) is 0.421. The first-order valence-electron chi connectivity index (χ1n) is 9.95. The molecule has 2 aliphatic heterocycles. The number of anilines is 2. The maximum Gasteiger partial charge on any atom is 0.390 e. The summed E-state index contributed by atoms with van der Waals surface area (Å²) in [5.74, 6) is 1.18. The summed E-state index contributed by atoms with van der Waals surface area (Å²) in [5.41, 5.74) is 10.3. The number of nitrogens with one attached hydrogen (secondary N) is 2. The van der Waals surface area contributed by atoms with Crippen molar-refractivity contribution in [1.82, 2.24) is 20.4 Å². The summed E-state index contributed by atoms with van der Waals surface area (Å²) in [5, 5.41) is 14.4. The highest BCUT2D eigenvalue weighted by Crippen LogP contribution is 2.40. The predicted molar refractivity (Wildman–Crippen MR) is 119 cm³/mol. The molecule has 170 valence electrons. The number of hydrogen-bond donors (Lipinski definition) is 3. The molecule has 0 fully saturated rings. The molecule has 2 atom stereocenters. The average molecular weight is 466 g/mol. The summed E-state index contributed by atoms with van der Waals surface area (Å²) >= 11 is 1.31. The van der Waals surface area contributed by atoms with E-state index in [9.17, 15) is 13.2 Å². The Balaban J connectivity index is 1.83. The first-order chi connectivity index (χ1) is 15.2. The van der Waals surface area contributed by atoms with Gasteiger partial charge in [-0.25, -0.2) is 15.0 Å². The van der Waals surface area contributed by atoms with Crippen LogP contribution in [0.15, 0.2) is 22.9 Å². The maximum atomic E-state index is 13.1. The lowest BCUT2D eigenvalue weighted by Crippen LogP contribution is -2.59. The number of hydrazone groups is 1. The first kappa shape index (κ1) is 22.0. The normalized spacial score (nSPS) is 20.8. The number of nitrogens with zero attached hydrogens (tertiary/aromatic N) is 6. The van der Waals surface area contributed by atoms with Gasteiger partial charge >= 0.3 is 6.18 Å². The highest BCUT2D eigenvalue weighted by molar-refractivity contribution is 7.10. The predicted octanol–water partition coefficient (Wildman–Crippen LogP) is 3.03. The van der Waals surface area contributed by atoms with Gasteiger partial charge < -0.3 is 16.0 Å². The van der Waals surface area contributed by atoms with Gasteiger partial charge in [0.2, 0.25) is 0 Å². The summed E-state index contributed by atoms with van der Waals surface area (Å²) in [6.45, 7) is 3.46. The van der Waals surface area contributed by atoms with Crippen molar-refractivity contribution in [2.75, 3.05) is 16.3 Å². The Kier molecular flexibility index (Phi) is 5.75. The standard InChI is InChI=1S/C19H22F3N9S/c1-3-12-17-29-28-10(2)31(17)13-9-26-15(11(8-23)14(24)18-25-5-7-32-18)27-16(13)30(12)6-4-19(20,21)22/h5,7-9,12,17,23,29H,3-4,6,24H2,1-2H3/b14-11+,23-8?/t12-,17?/m1/s1. The van der Waals surface area contributed by atoms with Crippen molar-refractivity contribution in [2.45, 2.75) is 45.1 Å². The van der Waals surface area contributed by atoms with Gasteiger partial charge in [0.15, 0.2) is 11.6 Å². The zero-order valence-corrected chi connectivity index (χ0v) is 18.2. The fourth-order valence-electron chi connectivity index (χ4n) is 3.96. The van der Waals surface area contributed by atoms with Crippen LogP contribution < -0.4 is 21.0 Å². The molecule has 2 aromatic rings. The van der Waals surface area contributed by atoms with E-state index >= 15 is 0 Å². The van der Waals surface area contributed by atoms with Crippen LogP contribution in [0.4, 0.5) is 24.7 Å². The lowest BCUT2D eigenvalue weighted by molar-refractivity contribution is -0.132. The Hall–Kier alpha value is -3.22. The molecule has 0 spiro atoms. The van der Waals surface area contributed by atoms with Crippen LogP contribution in [0.5, 0.6) is 0 Å². The molecule has 2 aliphatic rings.